The number of ether oxygens (including phenoxy) is 2. The van der Waals surface area contributed by atoms with Crippen LogP contribution in [0.25, 0.3) is 0 Å². The zero-order valence-electron chi connectivity index (χ0n) is 14.3. The molecule has 0 fully saturated rings. The quantitative estimate of drug-likeness (QED) is 0.330. The number of aliphatic imine (C=N–C) groups is 1. The van der Waals surface area contributed by atoms with E-state index in [0.29, 0.717) is 25.3 Å². The first-order valence-electron chi connectivity index (χ1n) is 7.50. The highest BCUT2D eigenvalue weighted by atomic mass is 127. The van der Waals surface area contributed by atoms with Crippen molar-refractivity contribution in [1.82, 2.24) is 10.6 Å². The van der Waals surface area contributed by atoms with Crippen molar-refractivity contribution < 1.29 is 14.6 Å². The predicted octanol–water partition coefficient (Wildman–Crippen LogP) is 2.15. The van der Waals surface area contributed by atoms with E-state index >= 15 is 0 Å². The Kier molecular flexibility index (Phi) is 11.6. The Bertz CT molecular complexity index is 484. The van der Waals surface area contributed by atoms with Crippen LogP contribution in [0.3, 0.4) is 0 Å². The van der Waals surface area contributed by atoms with Crippen molar-refractivity contribution in [3.63, 3.8) is 0 Å². The molecule has 0 bridgehead atoms. The monoisotopic (exact) mass is 437 g/mol. The summed E-state index contributed by atoms with van der Waals surface area (Å²) in [6.07, 6.45) is 0.658. The van der Waals surface area contributed by atoms with Gasteiger partial charge >= 0.3 is 0 Å². The van der Waals surface area contributed by atoms with E-state index in [1.54, 1.807) is 20.3 Å². The van der Waals surface area contributed by atoms with Crippen molar-refractivity contribution in [3.05, 3.63) is 23.8 Å². The number of phenolic OH excluding ortho intramolecular Hbond substituents is 1. The first-order valence-corrected chi connectivity index (χ1v) is 7.50. The number of nitrogens with zero attached hydrogens (tertiary/aromatic N) is 1. The summed E-state index contributed by atoms with van der Waals surface area (Å²) in [6, 6.07) is 5.49. The maximum atomic E-state index is 9.93. The second-order valence-corrected chi connectivity index (χ2v) is 5.01. The van der Waals surface area contributed by atoms with Crippen molar-refractivity contribution in [2.24, 2.45) is 4.99 Å². The second kappa shape index (κ2) is 12.2. The van der Waals surface area contributed by atoms with Gasteiger partial charge in [-0.05, 0) is 31.9 Å². The van der Waals surface area contributed by atoms with Gasteiger partial charge in [-0.15, -0.1) is 24.0 Å². The second-order valence-electron chi connectivity index (χ2n) is 5.01. The zero-order chi connectivity index (χ0) is 16.4. The van der Waals surface area contributed by atoms with Gasteiger partial charge in [-0.25, -0.2) is 0 Å². The molecule has 1 aromatic carbocycles. The van der Waals surface area contributed by atoms with E-state index in [4.69, 9.17) is 9.47 Å². The van der Waals surface area contributed by atoms with Crippen LogP contribution < -0.4 is 15.4 Å². The number of aromatic hydroxyl groups is 1. The molecule has 7 heteroatoms. The number of nitrogens with one attached hydrogen (secondary N) is 2. The van der Waals surface area contributed by atoms with Crippen LogP contribution in [-0.2, 0) is 11.2 Å². The minimum Gasteiger partial charge on any atom is -0.508 e. The summed E-state index contributed by atoms with van der Waals surface area (Å²) in [5, 5.41) is 16.4. The molecule has 6 nitrogen and oxygen atoms in total. The van der Waals surface area contributed by atoms with Crippen LogP contribution in [0.5, 0.6) is 11.5 Å². The van der Waals surface area contributed by atoms with Crippen LogP contribution in [0.4, 0.5) is 0 Å². The van der Waals surface area contributed by atoms with Crippen molar-refractivity contribution in [2.45, 2.75) is 26.3 Å². The third-order valence-corrected chi connectivity index (χ3v) is 3.09. The van der Waals surface area contributed by atoms with Crippen molar-refractivity contribution in [3.8, 4) is 11.5 Å². The summed E-state index contributed by atoms with van der Waals surface area (Å²) in [5.74, 6) is 1.63. The first-order chi connectivity index (χ1) is 10.6. The van der Waals surface area contributed by atoms with Crippen molar-refractivity contribution >= 4 is 29.9 Å². The van der Waals surface area contributed by atoms with Gasteiger partial charge in [0, 0.05) is 32.3 Å². The molecule has 1 atom stereocenters. The fraction of sp³-hybridized carbons (Fsp3) is 0.562. The highest BCUT2D eigenvalue weighted by Gasteiger charge is 2.05. The molecule has 0 saturated heterocycles. The van der Waals surface area contributed by atoms with E-state index in [1.807, 2.05) is 26.0 Å². The molecule has 0 spiro atoms. The first kappa shape index (κ1) is 21.8. The fourth-order valence-electron chi connectivity index (χ4n) is 2.02. The Morgan fingerprint density at radius 2 is 2.09 bits per heavy atom. The van der Waals surface area contributed by atoms with E-state index in [0.717, 1.165) is 18.1 Å². The molecule has 0 radical (unpaired) electrons. The van der Waals surface area contributed by atoms with Crippen LogP contribution in [0.15, 0.2) is 23.2 Å². The number of halogens is 1. The average molecular weight is 437 g/mol. The highest BCUT2D eigenvalue weighted by Crippen LogP contribution is 2.23. The summed E-state index contributed by atoms with van der Waals surface area (Å²) < 4.78 is 10.2. The number of rotatable bonds is 8. The lowest BCUT2D eigenvalue weighted by atomic mass is 10.1. The van der Waals surface area contributed by atoms with Gasteiger partial charge in [0.25, 0.3) is 0 Å². The Morgan fingerprint density at radius 3 is 2.65 bits per heavy atom. The minimum atomic E-state index is 0. The van der Waals surface area contributed by atoms with E-state index in [1.165, 1.54) is 0 Å². The summed E-state index contributed by atoms with van der Waals surface area (Å²) in [5.41, 5.74) is 0.852. The van der Waals surface area contributed by atoms with Crippen LogP contribution in [0.2, 0.25) is 0 Å². The molecule has 1 unspecified atom stereocenters. The van der Waals surface area contributed by atoms with Gasteiger partial charge < -0.3 is 25.2 Å². The smallest absolute Gasteiger partial charge is 0.191 e. The van der Waals surface area contributed by atoms with Gasteiger partial charge in [-0.1, -0.05) is 6.07 Å². The van der Waals surface area contributed by atoms with Crippen LogP contribution in [0.1, 0.15) is 19.4 Å². The largest absolute Gasteiger partial charge is 0.508 e. The van der Waals surface area contributed by atoms with E-state index in [9.17, 15) is 5.11 Å². The molecule has 0 heterocycles. The molecule has 3 N–H and O–H groups in total. The molecule has 0 aliphatic carbocycles. The number of methoxy groups -OCH3 is 2. The lowest BCUT2D eigenvalue weighted by molar-refractivity contribution is 0.179. The Morgan fingerprint density at radius 1 is 1.35 bits per heavy atom. The molecular weight excluding hydrogens is 409 g/mol. The molecule has 1 rings (SSSR count). The van der Waals surface area contributed by atoms with Gasteiger partial charge in [-0.2, -0.15) is 0 Å². The number of guanidine groups is 1. The molecule has 0 aromatic heterocycles. The third kappa shape index (κ3) is 8.26. The lowest BCUT2D eigenvalue weighted by Crippen LogP contribution is -2.44. The molecule has 0 aliphatic heterocycles. The molecule has 0 aliphatic rings. The molecular formula is C16H28IN3O3. The molecule has 0 saturated carbocycles. The number of benzene rings is 1. The molecule has 1 aromatic rings. The van der Waals surface area contributed by atoms with E-state index < -0.39 is 0 Å². The fourth-order valence-corrected chi connectivity index (χ4v) is 2.02. The molecule has 0 amide bonds. The average Bonchev–Trinajstić information content (AvgIpc) is 2.49. The number of phenols is 1. The zero-order valence-corrected chi connectivity index (χ0v) is 16.6. The summed E-state index contributed by atoms with van der Waals surface area (Å²) in [6.45, 7) is 6.04. The third-order valence-electron chi connectivity index (χ3n) is 3.09. The Labute approximate surface area is 155 Å². The SMILES string of the molecule is CCNC(=NCCc1ccc(OC)cc1O)NC(C)COC.I. The van der Waals surface area contributed by atoms with Crippen molar-refractivity contribution in [2.75, 3.05) is 33.9 Å². The number of hydrogen-bond donors (Lipinski definition) is 3. The number of hydrogen-bond acceptors (Lipinski definition) is 4. The van der Waals surface area contributed by atoms with Crippen LogP contribution >= 0.6 is 24.0 Å². The standard InChI is InChI=1S/C16H27N3O3.HI/c1-5-17-16(19-12(2)11-21-3)18-9-8-13-6-7-14(22-4)10-15(13)20;/h6-7,10,12,20H,5,8-9,11H2,1-4H3,(H2,17,18,19);1H. The summed E-state index contributed by atoms with van der Waals surface area (Å²) >= 11 is 0. The summed E-state index contributed by atoms with van der Waals surface area (Å²) in [7, 11) is 3.25. The topological polar surface area (TPSA) is 75.1 Å². The maximum absolute atomic E-state index is 9.93. The van der Waals surface area contributed by atoms with Gasteiger partial charge in [0.15, 0.2) is 5.96 Å². The summed E-state index contributed by atoms with van der Waals surface area (Å²) in [4.78, 5) is 4.51. The van der Waals surface area contributed by atoms with E-state index in [2.05, 4.69) is 15.6 Å². The van der Waals surface area contributed by atoms with Crippen LogP contribution in [-0.4, -0.2) is 51.0 Å². The van der Waals surface area contributed by atoms with Gasteiger partial charge in [0.1, 0.15) is 11.5 Å². The van der Waals surface area contributed by atoms with Gasteiger partial charge in [0.05, 0.1) is 13.7 Å². The van der Waals surface area contributed by atoms with E-state index in [-0.39, 0.29) is 35.8 Å². The van der Waals surface area contributed by atoms with Crippen LogP contribution in [0, 0.1) is 0 Å². The highest BCUT2D eigenvalue weighted by molar-refractivity contribution is 14.0. The van der Waals surface area contributed by atoms with Gasteiger partial charge in [-0.3, -0.25) is 4.99 Å². The molecule has 132 valence electrons. The van der Waals surface area contributed by atoms with Crippen molar-refractivity contribution in [1.29, 1.82) is 0 Å². The maximum Gasteiger partial charge on any atom is 0.191 e. The van der Waals surface area contributed by atoms with Gasteiger partial charge in [0.2, 0.25) is 0 Å². The Hall–Kier alpha value is -1.22. The Balaban J connectivity index is 0.00000484. The lowest BCUT2D eigenvalue weighted by Gasteiger charge is -2.17. The predicted molar refractivity (Wildman–Crippen MR) is 104 cm³/mol. The molecule has 23 heavy (non-hydrogen) atoms. The minimum absolute atomic E-state index is 0. The normalized spacial score (nSPS) is 12.3.